The molecule has 0 aromatic heterocycles. The first-order valence-corrected chi connectivity index (χ1v) is 9.40. The van der Waals surface area contributed by atoms with Crippen molar-refractivity contribution in [3.05, 3.63) is 28.8 Å². The van der Waals surface area contributed by atoms with Crippen molar-refractivity contribution in [1.82, 2.24) is 4.72 Å². The molecule has 1 fully saturated rings. The van der Waals surface area contributed by atoms with Crippen molar-refractivity contribution in [2.24, 2.45) is 5.73 Å². The van der Waals surface area contributed by atoms with Gasteiger partial charge in [-0.25, -0.2) is 13.1 Å². The Kier molecular flexibility index (Phi) is 6.05. The number of hydrogen-bond donors (Lipinski definition) is 2. The summed E-state index contributed by atoms with van der Waals surface area (Å²) in [5, 5.41) is 0.401. The standard InChI is InChI=1S/C15H23ClN2O2S/c16-15-10-14(9-8-12(15)11-17)21(19,20)18-13-6-4-2-1-3-5-7-13/h8-10,13,18H,1-7,11,17H2. The fourth-order valence-corrected chi connectivity index (χ4v) is 4.38. The second-order valence-electron chi connectivity index (χ2n) is 5.62. The maximum atomic E-state index is 12.4. The summed E-state index contributed by atoms with van der Waals surface area (Å²) in [6.07, 6.45) is 7.63. The zero-order valence-electron chi connectivity index (χ0n) is 12.1. The molecule has 118 valence electrons. The van der Waals surface area contributed by atoms with Gasteiger partial charge in [-0.3, -0.25) is 0 Å². The Bertz CT molecular complexity index is 567. The summed E-state index contributed by atoms with van der Waals surface area (Å²) < 4.78 is 27.7. The van der Waals surface area contributed by atoms with Crippen LogP contribution in [0.4, 0.5) is 0 Å². The summed E-state index contributed by atoms with van der Waals surface area (Å²) in [5.74, 6) is 0. The third kappa shape index (κ3) is 4.68. The number of hydrogen-bond acceptors (Lipinski definition) is 3. The highest BCUT2D eigenvalue weighted by molar-refractivity contribution is 7.89. The molecule has 2 rings (SSSR count). The molecule has 1 aliphatic rings. The van der Waals surface area contributed by atoms with Crippen LogP contribution < -0.4 is 10.5 Å². The molecule has 21 heavy (non-hydrogen) atoms. The molecule has 1 aliphatic carbocycles. The third-order valence-electron chi connectivity index (χ3n) is 3.98. The van der Waals surface area contributed by atoms with Crippen LogP contribution in [0, 0.1) is 0 Å². The Morgan fingerprint density at radius 2 is 1.76 bits per heavy atom. The van der Waals surface area contributed by atoms with Crippen molar-refractivity contribution < 1.29 is 8.42 Å². The van der Waals surface area contributed by atoms with Gasteiger partial charge in [-0.1, -0.05) is 49.8 Å². The number of rotatable bonds is 4. The highest BCUT2D eigenvalue weighted by Crippen LogP contribution is 2.23. The lowest BCUT2D eigenvalue weighted by molar-refractivity contribution is 0.426. The van der Waals surface area contributed by atoms with Gasteiger partial charge in [-0.05, 0) is 30.5 Å². The molecule has 0 unspecified atom stereocenters. The van der Waals surface area contributed by atoms with E-state index >= 15 is 0 Å². The van der Waals surface area contributed by atoms with Crippen LogP contribution in [-0.2, 0) is 16.6 Å². The lowest BCUT2D eigenvalue weighted by Crippen LogP contribution is -2.35. The number of benzene rings is 1. The smallest absolute Gasteiger partial charge is 0.240 e. The Labute approximate surface area is 132 Å². The molecular formula is C15H23ClN2O2S. The summed E-state index contributed by atoms with van der Waals surface area (Å²) in [5.41, 5.74) is 6.29. The van der Waals surface area contributed by atoms with Crippen molar-refractivity contribution in [1.29, 1.82) is 0 Å². The maximum Gasteiger partial charge on any atom is 0.240 e. The fraction of sp³-hybridized carbons (Fsp3) is 0.600. The first kappa shape index (κ1) is 16.7. The molecule has 0 aliphatic heterocycles. The van der Waals surface area contributed by atoms with Gasteiger partial charge in [0.25, 0.3) is 0 Å². The van der Waals surface area contributed by atoms with Gasteiger partial charge in [0, 0.05) is 17.6 Å². The SMILES string of the molecule is NCc1ccc(S(=O)(=O)NC2CCCCCCC2)cc1Cl. The van der Waals surface area contributed by atoms with Crippen LogP contribution in [0.15, 0.2) is 23.1 Å². The molecule has 0 atom stereocenters. The Balaban J connectivity index is 2.11. The van der Waals surface area contributed by atoms with Gasteiger partial charge >= 0.3 is 0 Å². The molecule has 1 aromatic rings. The minimum atomic E-state index is -3.51. The summed E-state index contributed by atoms with van der Waals surface area (Å²) in [6.45, 7) is 0.301. The summed E-state index contributed by atoms with van der Waals surface area (Å²) in [7, 11) is -3.51. The highest BCUT2D eigenvalue weighted by Gasteiger charge is 2.21. The number of sulfonamides is 1. The van der Waals surface area contributed by atoms with Gasteiger partial charge in [0.15, 0.2) is 0 Å². The largest absolute Gasteiger partial charge is 0.326 e. The van der Waals surface area contributed by atoms with E-state index in [4.69, 9.17) is 17.3 Å². The molecule has 0 bridgehead atoms. The molecule has 0 spiro atoms. The quantitative estimate of drug-likeness (QED) is 0.890. The van der Waals surface area contributed by atoms with Crippen molar-refractivity contribution >= 4 is 21.6 Å². The highest BCUT2D eigenvalue weighted by atomic mass is 35.5. The van der Waals surface area contributed by atoms with Gasteiger partial charge in [0.05, 0.1) is 4.90 Å². The van der Waals surface area contributed by atoms with Crippen molar-refractivity contribution in [3.8, 4) is 0 Å². The molecule has 1 aromatic carbocycles. The van der Waals surface area contributed by atoms with Crippen LogP contribution in [0.25, 0.3) is 0 Å². The van der Waals surface area contributed by atoms with E-state index in [9.17, 15) is 8.42 Å². The molecule has 1 saturated carbocycles. The van der Waals surface area contributed by atoms with E-state index in [2.05, 4.69) is 4.72 Å². The Hall–Kier alpha value is -0.620. The zero-order valence-corrected chi connectivity index (χ0v) is 13.7. The average molecular weight is 331 g/mol. The zero-order chi connectivity index (χ0) is 15.3. The monoisotopic (exact) mass is 330 g/mol. The first-order chi connectivity index (χ1) is 10.0. The van der Waals surface area contributed by atoms with Crippen molar-refractivity contribution in [2.75, 3.05) is 0 Å². The Morgan fingerprint density at radius 1 is 1.14 bits per heavy atom. The second-order valence-corrected chi connectivity index (χ2v) is 7.74. The van der Waals surface area contributed by atoms with E-state index in [1.165, 1.54) is 25.3 Å². The molecular weight excluding hydrogens is 308 g/mol. The van der Waals surface area contributed by atoms with E-state index < -0.39 is 10.0 Å². The summed E-state index contributed by atoms with van der Waals surface area (Å²) in [4.78, 5) is 0.215. The van der Waals surface area contributed by atoms with Crippen LogP contribution in [0.1, 0.15) is 50.5 Å². The predicted octanol–water partition coefficient (Wildman–Crippen LogP) is 3.19. The molecule has 3 N–H and O–H groups in total. The van der Waals surface area contributed by atoms with Crippen LogP contribution in [0.5, 0.6) is 0 Å². The lowest BCUT2D eigenvalue weighted by Gasteiger charge is -2.21. The third-order valence-corrected chi connectivity index (χ3v) is 5.85. The van der Waals surface area contributed by atoms with E-state index in [1.54, 1.807) is 12.1 Å². The van der Waals surface area contributed by atoms with Gasteiger partial charge in [-0.2, -0.15) is 0 Å². The van der Waals surface area contributed by atoms with Gasteiger partial charge in [0.2, 0.25) is 10.0 Å². The molecule has 0 amide bonds. The minimum absolute atomic E-state index is 0.0308. The average Bonchev–Trinajstić information content (AvgIpc) is 2.41. The van der Waals surface area contributed by atoms with Crippen LogP contribution in [0.3, 0.4) is 0 Å². The predicted molar refractivity (Wildman–Crippen MR) is 85.8 cm³/mol. The maximum absolute atomic E-state index is 12.4. The van der Waals surface area contributed by atoms with E-state index in [0.29, 0.717) is 11.6 Å². The van der Waals surface area contributed by atoms with Crippen LogP contribution in [-0.4, -0.2) is 14.5 Å². The lowest BCUT2D eigenvalue weighted by atomic mass is 9.97. The molecule has 0 radical (unpaired) electrons. The number of nitrogens with one attached hydrogen (secondary N) is 1. The number of halogens is 1. The van der Waals surface area contributed by atoms with E-state index in [0.717, 1.165) is 31.2 Å². The number of nitrogens with two attached hydrogens (primary N) is 1. The topological polar surface area (TPSA) is 72.2 Å². The Morgan fingerprint density at radius 3 is 2.33 bits per heavy atom. The van der Waals surface area contributed by atoms with Crippen LogP contribution in [0.2, 0.25) is 5.02 Å². The molecule has 0 saturated heterocycles. The van der Waals surface area contributed by atoms with E-state index in [-0.39, 0.29) is 10.9 Å². The normalized spacial score (nSPS) is 18.2. The van der Waals surface area contributed by atoms with E-state index in [1.807, 2.05) is 0 Å². The minimum Gasteiger partial charge on any atom is -0.326 e. The van der Waals surface area contributed by atoms with Gasteiger partial charge in [-0.15, -0.1) is 0 Å². The molecule has 6 heteroatoms. The second kappa shape index (κ2) is 7.58. The van der Waals surface area contributed by atoms with Crippen LogP contribution >= 0.6 is 11.6 Å². The van der Waals surface area contributed by atoms with Crippen molar-refractivity contribution in [3.63, 3.8) is 0 Å². The van der Waals surface area contributed by atoms with Crippen molar-refractivity contribution in [2.45, 2.75) is 62.4 Å². The first-order valence-electron chi connectivity index (χ1n) is 7.54. The fourth-order valence-electron chi connectivity index (χ4n) is 2.72. The molecule has 0 heterocycles. The summed E-state index contributed by atoms with van der Waals surface area (Å²) >= 11 is 6.05. The summed E-state index contributed by atoms with van der Waals surface area (Å²) in [6, 6.07) is 4.76. The van der Waals surface area contributed by atoms with Gasteiger partial charge < -0.3 is 5.73 Å². The van der Waals surface area contributed by atoms with Gasteiger partial charge in [0.1, 0.15) is 0 Å². The molecule has 4 nitrogen and oxygen atoms in total.